The van der Waals surface area contributed by atoms with Gasteiger partial charge in [0.15, 0.2) is 0 Å². The molecule has 5 rings (SSSR count). The lowest BCUT2D eigenvalue weighted by Gasteiger charge is -2.23. The molecule has 2 aliphatic carbocycles. The number of hydrogen-bond acceptors (Lipinski definition) is 5. The summed E-state index contributed by atoms with van der Waals surface area (Å²) in [5.41, 5.74) is 5.71. The molecule has 3 aromatic carbocycles. The van der Waals surface area contributed by atoms with Crippen LogP contribution in [0.25, 0.3) is 11.1 Å². The van der Waals surface area contributed by atoms with Crippen molar-refractivity contribution >= 4 is 18.0 Å². The number of carboxylic acid groups (broad SMARTS) is 1. The molecule has 2 amide bonds. The van der Waals surface area contributed by atoms with Gasteiger partial charge in [0.2, 0.25) is 5.91 Å². The van der Waals surface area contributed by atoms with Gasteiger partial charge >= 0.3 is 12.1 Å². The fourth-order valence-electron chi connectivity index (χ4n) is 5.90. The Kier molecular flexibility index (Phi) is 8.45. The van der Waals surface area contributed by atoms with E-state index in [-0.39, 0.29) is 36.9 Å². The third-order valence-corrected chi connectivity index (χ3v) is 7.87. The Labute approximate surface area is 234 Å². The van der Waals surface area contributed by atoms with Crippen molar-refractivity contribution < 1.29 is 24.2 Å². The monoisotopic (exact) mass is 541 g/mol. The first-order valence-electron chi connectivity index (χ1n) is 13.8. The van der Waals surface area contributed by atoms with Crippen LogP contribution in [-0.4, -0.2) is 60.3 Å². The van der Waals surface area contributed by atoms with Gasteiger partial charge in [0.1, 0.15) is 12.6 Å². The van der Waals surface area contributed by atoms with E-state index in [4.69, 9.17) is 4.74 Å². The molecule has 3 aromatic rings. The van der Waals surface area contributed by atoms with Gasteiger partial charge in [0, 0.05) is 31.0 Å². The van der Waals surface area contributed by atoms with Crippen LogP contribution in [0.5, 0.6) is 0 Å². The maximum Gasteiger partial charge on any atom is 0.407 e. The molecule has 8 nitrogen and oxygen atoms in total. The highest BCUT2D eigenvalue weighted by Crippen LogP contribution is 2.44. The molecule has 3 N–H and O–H groups in total. The summed E-state index contributed by atoms with van der Waals surface area (Å²) in [5, 5.41) is 15.3. The van der Waals surface area contributed by atoms with E-state index in [0.717, 1.165) is 16.7 Å². The lowest BCUT2D eigenvalue weighted by molar-refractivity contribution is -0.143. The summed E-state index contributed by atoms with van der Waals surface area (Å²) in [4.78, 5) is 39.4. The predicted octanol–water partition coefficient (Wildman–Crippen LogP) is 4.40. The third kappa shape index (κ3) is 6.34. The van der Waals surface area contributed by atoms with Gasteiger partial charge < -0.3 is 20.5 Å². The van der Waals surface area contributed by atoms with E-state index < -0.39 is 18.1 Å². The number of rotatable bonds is 10. The minimum Gasteiger partial charge on any atom is -0.480 e. The molecule has 1 unspecified atom stereocenters. The van der Waals surface area contributed by atoms with E-state index in [2.05, 4.69) is 34.9 Å². The number of carboxylic acids is 1. The molecule has 0 spiro atoms. The van der Waals surface area contributed by atoms with Gasteiger partial charge in [0.25, 0.3) is 0 Å². The number of ether oxygens (including phenoxy) is 1. The van der Waals surface area contributed by atoms with Crippen molar-refractivity contribution in [1.82, 2.24) is 15.5 Å². The molecule has 0 aliphatic heterocycles. The number of likely N-dealkylation sites (N-methyl/N-ethyl adjacent to an activating group) is 1. The summed E-state index contributed by atoms with van der Waals surface area (Å²) in [6.07, 6.45) is 1.15. The maximum atomic E-state index is 12.9. The van der Waals surface area contributed by atoms with Crippen molar-refractivity contribution in [3.63, 3.8) is 0 Å². The van der Waals surface area contributed by atoms with E-state index in [1.807, 2.05) is 66.5 Å². The number of nitrogens with one attached hydrogen (secondary N) is 2. The van der Waals surface area contributed by atoms with Crippen molar-refractivity contribution in [2.24, 2.45) is 5.92 Å². The van der Waals surface area contributed by atoms with Gasteiger partial charge in [-0.2, -0.15) is 0 Å². The Morgan fingerprint density at radius 2 is 1.55 bits per heavy atom. The Balaban J connectivity index is 1.09. The van der Waals surface area contributed by atoms with Gasteiger partial charge in [-0.3, -0.25) is 9.69 Å². The number of nitrogens with zero attached hydrogens (tertiary/aromatic N) is 1. The van der Waals surface area contributed by atoms with Crippen LogP contribution in [0.2, 0.25) is 0 Å². The van der Waals surface area contributed by atoms with E-state index in [1.54, 1.807) is 0 Å². The normalized spacial score (nSPS) is 18.6. The third-order valence-electron chi connectivity index (χ3n) is 7.87. The van der Waals surface area contributed by atoms with Crippen LogP contribution in [-0.2, 0) is 20.9 Å². The van der Waals surface area contributed by atoms with Gasteiger partial charge in [-0.15, -0.1) is 0 Å². The van der Waals surface area contributed by atoms with Crippen LogP contribution in [0.1, 0.15) is 41.9 Å². The van der Waals surface area contributed by atoms with E-state index in [9.17, 15) is 19.5 Å². The lowest BCUT2D eigenvalue weighted by atomic mass is 9.98. The van der Waals surface area contributed by atoms with E-state index >= 15 is 0 Å². The number of hydrogen-bond donors (Lipinski definition) is 3. The second kappa shape index (κ2) is 12.3. The molecule has 40 heavy (non-hydrogen) atoms. The van der Waals surface area contributed by atoms with E-state index in [1.165, 1.54) is 11.1 Å². The quantitative estimate of drug-likeness (QED) is 0.351. The number of carbonyl (C=O) groups is 3. The first-order chi connectivity index (χ1) is 19.4. The number of aliphatic carboxylic acids is 1. The number of benzene rings is 3. The molecule has 0 aromatic heterocycles. The highest BCUT2D eigenvalue weighted by Gasteiger charge is 2.34. The summed E-state index contributed by atoms with van der Waals surface area (Å²) in [5.74, 6) is -1.75. The van der Waals surface area contributed by atoms with Crippen molar-refractivity contribution in [1.29, 1.82) is 0 Å². The number of fused-ring (bicyclic) bond motifs is 3. The highest BCUT2D eigenvalue weighted by atomic mass is 16.5. The first kappa shape index (κ1) is 27.4. The van der Waals surface area contributed by atoms with E-state index in [0.29, 0.717) is 25.8 Å². The fourth-order valence-corrected chi connectivity index (χ4v) is 5.90. The Hall–Kier alpha value is -4.17. The molecule has 1 saturated carbocycles. The summed E-state index contributed by atoms with van der Waals surface area (Å²) < 4.78 is 5.65. The van der Waals surface area contributed by atoms with Crippen molar-refractivity contribution in [2.75, 3.05) is 20.2 Å². The van der Waals surface area contributed by atoms with Crippen LogP contribution >= 0.6 is 0 Å². The Bertz CT molecular complexity index is 1320. The zero-order valence-electron chi connectivity index (χ0n) is 22.6. The van der Waals surface area contributed by atoms with Gasteiger partial charge in [-0.1, -0.05) is 78.9 Å². The molecule has 2 aliphatic rings. The average molecular weight is 542 g/mol. The molecule has 208 valence electrons. The number of alkyl carbamates (subject to hydrolysis) is 1. The van der Waals surface area contributed by atoms with Crippen molar-refractivity contribution in [3.05, 3.63) is 95.6 Å². The number of carbonyl (C=O) groups excluding carboxylic acids is 2. The molecule has 3 atom stereocenters. The highest BCUT2D eigenvalue weighted by molar-refractivity contribution is 5.85. The summed E-state index contributed by atoms with van der Waals surface area (Å²) in [6, 6.07) is 24.9. The van der Waals surface area contributed by atoms with Crippen molar-refractivity contribution in [2.45, 2.75) is 43.8 Å². The standard InChI is InChI=1S/C32H35N3O5/c1-35(18-21-9-3-2-4-10-21)19-29(31(37)38)34-30(36)22-15-16-23(17-22)33-32(39)40-20-28-26-13-7-5-11-24(26)25-12-6-8-14-27(25)28/h2-14,22-23,28-29H,15-20H2,1H3,(H,33,39)(H,34,36)(H,37,38)/t22-,23+,29?/m1/s1. The van der Waals surface area contributed by atoms with Crippen molar-refractivity contribution in [3.8, 4) is 11.1 Å². The second-order valence-electron chi connectivity index (χ2n) is 10.8. The smallest absolute Gasteiger partial charge is 0.407 e. The molecular weight excluding hydrogens is 506 g/mol. The minimum atomic E-state index is -1.07. The molecular formula is C32H35N3O5. The Morgan fingerprint density at radius 1 is 0.925 bits per heavy atom. The van der Waals surface area contributed by atoms with Crippen LogP contribution in [0.15, 0.2) is 78.9 Å². The van der Waals surface area contributed by atoms with Gasteiger partial charge in [0.05, 0.1) is 0 Å². The molecule has 0 saturated heterocycles. The molecule has 0 bridgehead atoms. The predicted molar refractivity (Wildman–Crippen MR) is 152 cm³/mol. The Morgan fingerprint density at radius 3 is 2.20 bits per heavy atom. The largest absolute Gasteiger partial charge is 0.480 e. The SMILES string of the molecule is CN(Cc1ccccc1)CC(NC(=O)[C@@H]1CC[C@H](NC(=O)OCC2c3ccccc3-c3ccccc32)C1)C(=O)O. The van der Waals surface area contributed by atoms with Gasteiger partial charge in [-0.25, -0.2) is 9.59 Å². The summed E-state index contributed by atoms with van der Waals surface area (Å²) in [6.45, 7) is 0.994. The van der Waals surface area contributed by atoms with Crippen LogP contribution < -0.4 is 10.6 Å². The zero-order valence-corrected chi connectivity index (χ0v) is 22.6. The average Bonchev–Trinajstić information content (AvgIpc) is 3.54. The molecule has 8 heteroatoms. The summed E-state index contributed by atoms with van der Waals surface area (Å²) in [7, 11) is 1.83. The minimum absolute atomic E-state index is 0.0202. The van der Waals surface area contributed by atoms with Crippen LogP contribution in [0.3, 0.4) is 0 Å². The molecule has 1 fully saturated rings. The van der Waals surface area contributed by atoms with Gasteiger partial charge in [-0.05, 0) is 54.1 Å². The maximum absolute atomic E-state index is 12.9. The fraction of sp³-hybridized carbons (Fsp3) is 0.344. The summed E-state index contributed by atoms with van der Waals surface area (Å²) >= 11 is 0. The number of amides is 2. The molecule has 0 radical (unpaired) electrons. The van der Waals surface area contributed by atoms with Crippen LogP contribution in [0.4, 0.5) is 4.79 Å². The first-order valence-corrected chi connectivity index (χ1v) is 13.8. The second-order valence-corrected chi connectivity index (χ2v) is 10.8. The van der Waals surface area contributed by atoms with Crippen LogP contribution in [0, 0.1) is 5.92 Å². The molecule has 0 heterocycles. The topological polar surface area (TPSA) is 108 Å². The zero-order chi connectivity index (χ0) is 28.1. The lowest BCUT2D eigenvalue weighted by Crippen LogP contribution is -2.49.